The van der Waals surface area contributed by atoms with E-state index in [0.29, 0.717) is 12.8 Å². The van der Waals surface area contributed by atoms with E-state index in [-0.39, 0.29) is 32.6 Å². The molecule has 0 bridgehead atoms. The molecule has 0 saturated heterocycles. The summed E-state index contributed by atoms with van der Waals surface area (Å²) in [4.78, 5) is 36.7. The molecule has 0 radical (unpaired) electrons. The third kappa shape index (κ3) is 34.2. The molecule has 0 fully saturated rings. The van der Waals surface area contributed by atoms with Crippen LogP contribution in [0.25, 0.3) is 0 Å². The van der Waals surface area contributed by atoms with Crippen molar-refractivity contribution in [2.75, 3.05) is 26.4 Å². The minimum atomic E-state index is -4.62. The number of hydrogen-bond donors (Lipinski definition) is 1. The first-order valence-corrected chi connectivity index (χ1v) is 20.3. The van der Waals surface area contributed by atoms with Crippen LogP contribution in [-0.2, 0) is 32.7 Å². The maximum Gasteiger partial charge on any atom is 0.306 e. The smallest absolute Gasteiger partial charge is 0.306 e. The molecule has 0 heterocycles. The Morgan fingerprint density at radius 1 is 0.617 bits per heavy atom. The van der Waals surface area contributed by atoms with Crippen molar-refractivity contribution < 1.29 is 37.6 Å². The second kappa shape index (κ2) is 34.4. The molecular weight excluding hydrogens is 617 g/mol. The summed E-state index contributed by atoms with van der Waals surface area (Å²) in [6.07, 6.45) is 33.3. The second-order valence-corrected chi connectivity index (χ2v) is 13.8. The molecular formula is C37H69NO8P-. The molecule has 2 atom stereocenters. The number of allylic oxidation sites excluding steroid dienone is 4. The van der Waals surface area contributed by atoms with Crippen LogP contribution in [0.15, 0.2) is 24.3 Å². The summed E-state index contributed by atoms with van der Waals surface area (Å²) in [6.45, 7) is 3.47. The van der Waals surface area contributed by atoms with E-state index in [1.807, 2.05) is 0 Å². The van der Waals surface area contributed by atoms with Gasteiger partial charge in [0.1, 0.15) is 6.61 Å². The molecule has 0 aromatic carbocycles. The van der Waals surface area contributed by atoms with Crippen molar-refractivity contribution in [3.8, 4) is 0 Å². The highest BCUT2D eigenvalue weighted by atomic mass is 31.2. The van der Waals surface area contributed by atoms with Gasteiger partial charge in [-0.2, -0.15) is 0 Å². The van der Waals surface area contributed by atoms with Gasteiger partial charge in [0.2, 0.25) is 0 Å². The average molecular weight is 687 g/mol. The molecule has 0 aliphatic heterocycles. The molecule has 9 nitrogen and oxygen atoms in total. The Bertz CT molecular complexity index is 835. The van der Waals surface area contributed by atoms with Crippen LogP contribution in [0, 0.1) is 0 Å². The van der Waals surface area contributed by atoms with E-state index < -0.39 is 32.5 Å². The Labute approximate surface area is 287 Å². The number of unbranched alkanes of at least 4 members (excludes halogenated alkanes) is 18. The molecule has 0 amide bonds. The van der Waals surface area contributed by atoms with E-state index in [9.17, 15) is 19.0 Å². The Balaban J connectivity index is 4.26. The Morgan fingerprint density at radius 3 is 1.51 bits per heavy atom. The van der Waals surface area contributed by atoms with E-state index in [4.69, 9.17) is 19.7 Å². The highest BCUT2D eigenvalue weighted by molar-refractivity contribution is 7.45. The molecule has 0 aliphatic carbocycles. The van der Waals surface area contributed by atoms with Crippen LogP contribution in [0.1, 0.15) is 168 Å². The second-order valence-electron chi connectivity index (χ2n) is 12.4. The summed E-state index contributed by atoms with van der Waals surface area (Å²) in [5.74, 6) is -0.885. The first-order chi connectivity index (χ1) is 22.8. The molecule has 2 N–H and O–H groups in total. The van der Waals surface area contributed by atoms with Gasteiger partial charge in [-0.15, -0.1) is 0 Å². The third-order valence-corrected chi connectivity index (χ3v) is 8.76. The molecule has 0 saturated carbocycles. The number of phosphoric ester groups is 1. The first-order valence-electron chi connectivity index (χ1n) is 18.8. The van der Waals surface area contributed by atoms with Crippen molar-refractivity contribution >= 4 is 19.8 Å². The Kier molecular flexibility index (Phi) is 33.3. The Morgan fingerprint density at radius 2 is 1.04 bits per heavy atom. The maximum absolute atomic E-state index is 12.5. The summed E-state index contributed by atoms with van der Waals surface area (Å²) in [6, 6.07) is 0. The van der Waals surface area contributed by atoms with Gasteiger partial charge in [-0.05, 0) is 64.2 Å². The van der Waals surface area contributed by atoms with Crippen LogP contribution in [0.2, 0.25) is 0 Å². The predicted octanol–water partition coefficient (Wildman–Crippen LogP) is 9.42. The number of hydrogen-bond acceptors (Lipinski definition) is 9. The zero-order valence-corrected chi connectivity index (χ0v) is 30.9. The molecule has 0 spiro atoms. The normalized spacial score (nSPS) is 13.7. The summed E-state index contributed by atoms with van der Waals surface area (Å²) in [5.41, 5.74) is 5.30. The number of rotatable bonds is 35. The number of ether oxygens (including phenoxy) is 2. The lowest BCUT2D eigenvalue weighted by Crippen LogP contribution is -2.30. The van der Waals surface area contributed by atoms with Crippen LogP contribution in [-0.4, -0.2) is 44.4 Å². The molecule has 276 valence electrons. The quantitative estimate of drug-likeness (QED) is 0.0299. The van der Waals surface area contributed by atoms with Crippen molar-refractivity contribution in [3.63, 3.8) is 0 Å². The van der Waals surface area contributed by atoms with Crippen LogP contribution >= 0.6 is 7.82 Å². The highest BCUT2D eigenvalue weighted by Crippen LogP contribution is 2.38. The largest absolute Gasteiger partial charge is 0.756 e. The van der Waals surface area contributed by atoms with E-state index >= 15 is 0 Å². The predicted molar refractivity (Wildman–Crippen MR) is 190 cm³/mol. The maximum atomic E-state index is 12.5. The van der Waals surface area contributed by atoms with Crippen LogP contribution in [0.3, 0.4) is 0 Å². The SMILES string of the molecule is CCCCCC/C=C\CCCCCCCC(=O)OC[C@H](COP(=O)([O-])OCCN)OC(=O)CCCCCCC/C=C\CCCCCC. The molecule has 10 heteroatoms. The lowest BCUT2D eigenvalue weighted by molar-refractivity contribution is -0.228. The van der Waals surface area contributed by atoms with Crippen molar-refractivity contribution in [1.29, 1.82) is 0 Å². The third-order valence-electron chi connectivity index (χ3n) is 7.80. The number of carbonyl (C=O) groups is 2. The fourth-order valence-corrected chi connectivity index (χ4v) is 5.72. The van der Waals surface area contributed by atoms with Crippen molar-refractivity contribution in [2.24, 2.45) is 5.73 Å². The minimum absolute atomic E-state index is 0.0116. The first kappa shape index (κ1) is 45.5. The molecule has 0 aromatic rings. The van der Waals surface area contributed by atoms with Gasteiger partial charge in [0.05, 0.1) is 13.2 Å². The van der Waals surface area contributed by atoms with Gasteiger partial charge < -0.3 is 29.1 Å². The van der Waals surface area contributed by atoms with Crippen LogP contribution in [0.4, 0.5) is 0 Å². The fraction of sp³-hybridized carbons (Fsp3) is 0.838. The summed E-state index contributed by atoms with van der Waals surface area (Å²) >= 11 is 0. The van der Waals surface area contributed by atoms with Crippen LogP contribution in [0.5, 0.6) is 0 Å². The molecule has 0 rings (SSSR count). The van der Waals surface area contributed by atoms with Crippen molar-refractivity contribution in [3.05, 3.63) is 24.3 Å². The van der Waals surface area contributed by atoms with Gasteiger partial charge in [0.25, 0.3) is 7.82 Å². The topological polar surface area (TPSA) is 137 Å². The lowest BCUT2D eigenvalue weighted by atomic mass is 10.1. The van der Waals surface area contributed by atoms with Gasteiger partial charge >= 0.3 is 11.9 Å². The lowest BCUT2D eigenvalue weighted by Gasteiger charge is -2.25. The number of esters is 2. The van der Waals surface area contributed by atoms with E-state index in [1.165, 1.54) is 57.8 Å². The standard InChI is InChI=1S/C37H70NO8P/c1-3-5-7-9-11-13-15-17-19-21-23-25-27-29-36(39)43-33-35(34-45-47(41,42)44-32-31-38)46-37(40)30-28-26-24-22-20-18-16-14-12-10-8-6-4-2/h13-16,35H,3-12,17-34,38H2,1-2H3,(H,41,42)/p-1/b15-13-,16-14-/t35-/m1/s1. The van der Waals surface area contributed by atoms with E-state index in [2.05, 4.69) is 42.7 Å². The Hall–Kier alpha value is -1.51. The highest BCUT2D eigenvalue weighted by Gasteiger charge is 2.21. The van der Waals surface area contributed by atoms with Gasteiger partial charge in [0.15, 0.2) is 6.10 Å². The van der Waals surface area contributed by atoms with Crippen molar-refractivity contribution in [1.82, 2.24) is 0 Å². The zero-order chi connectivity index (χ0) is 34.7. The number of nitrogens with two attached hydrogens (primary N) is 1. The molecule has 47 heavy (non-hydrogen) atoms. The minimum Gasteiger partial charge on any atom is -0.756 e. The van der Waals surface area contributed by atoms with Crippen molar-refractivity contribution in [2.45, 2.75) is 174 Å². The van der Waals surface area contributed by atoms with Gasteiger partial charge in [-0.3, -0.25) is 14.2 Å². The summed E-state index contributed by atoms with van der Waals surface area (Å²) in [7, 11) is -4.62. The van der Waals surface area contributed by atoms with Gasteiger partial charge in [-0.1, -0.05) is 115 Å². The summed E-state index contributed by atoms with van der Waals surface area (Å²) in [5, 5.41) is 0. The summed E-state index contributed by atoms with van der Waals surface area (Å²) < 4.78 is 32.2. The van der Waals surface area contributed by atoms with E-state index in [1.54, 1.807) is 0 Å². The number of carbonyl (C=O) groups excluding carboxylic acids is 2. The fourth-order valence-electron chi connectivity index (χ4n) is 4.97. The number of phosphoric acid groups is 1. The van der Waals surface area contributed by atoms with Gasteiger partial charge in [0, 0.05) is 19.4 Å². The van der Waals surface area contributed by atoms with Crippen LogP contribution < -0.4 is 10.6 Å². The molecule has 0 aromatic heterocycles. The average Bonchev–Trinajstić information content (AvgIpc) is 3.05. The molecule has 0 aliphatic rings. The monoisotopic (exact) mass is 686 g/mol. The molecule has 1 unspecified atom stereocenters. The van der Waals surface area contributed by atoms with Gasteiger partial charge in [-0.25, -0.2) is 0 Å². The van der Waals surface area contributed by atoms with E-state index in [0.717, 1.165) is 70.6 Å². The zero-order valence-electron chi connectivity index (χ0n) is 30.0.